The van der Waals surface area contributed by atoms with E-state index < -0.39 is 0 Å². The minimum Gasteiger partial charge on any atom is -0.453 e. The van der Waals surface area contributed by atoms with Crippen LogP contribution in [0.5, 0.6) is 11.5 Å². The topological polar surface area (TPSA) is 44.9 Å². The first-order chi connectivity index (χ1) is 26.3. The maximum Gasteiger partial charge on any atom is 0.235 e. The Hall–Kier alpha value is -7.24. The fourth-order valence-electron chi connectivity index (χ4n) is 8.49. The Kier molecular flexibility index (Phi) is 5.71. The summed E-state index contributed by atoms with van der Waals surface area (Å²) in [5, 5.41) is 8.15. The number of nitrogens with zero attached hydrogens (tertiary/aromatic N) is 4. The van der Waals surface area contributed by atoms with Gasteiger partial charge in [-0.3, -0.25) is 4.57 Å². The van der Waals surface area contributed by atoms with Gasteiger partial charge in [-0.2, -0.15) is 0 Å². The highest BCUT2D eigenvalue weighted by Gasteiger charge is 2.24. The van der Waals surface area contributed by atoms with Crippen molar-refractivity contribution in [3.63, 3.8) is 0 Å². The molecule has 0 fully saturated rings. The minimum absolute atomic E-state index is 0.650. The number of hydrogen-bond donors (Lipinski definition) is 0. The van der Waals surface area contributed by atoms with E-state index in [-0.39, 0.29) is 0 Å². The second-order valence-electron chi connectivity index (χ2n) is 13.8. The number of hydrogen-bond acceptors (Lipinski definition) is 3. The molecule has 3 aromatic heterocycles. The van der Waals surface area contributed by atoms with Crippen LogP contribution in [0.25, 0.3) is 99.3 Å². The minimum atomic E-state index is 0.650. The summed E-state index contributed by atoms with van der Waals surface area (Å²) >= 11 is 0. The lowest BCUT2D eigenvalue weighted by molar-refractivity contribution is 0.476. The average Bonchev–Trinajstić information content (AvgIpc) is 3.74. The van der Waals surface area contributed by atoms with Gasteiger partial charge in [-0.25, -0.2) is 9.97 Å². The average molecular weight is 677 g/mol. The molecule has 53 heavy (non-hydrogen) atoms. The van der Waals surface area contributed by atoms with Crippen LogP contribution in [-0.4, -0.2) is 19.1 Å². The van der Waals surface area contributed by atoms with Crippen LogP contribution in [0.2, 0.25) is 0 Å². The van der Waals surface area contributed by atoms with Gasteiger partial charge in [-0.15, -0.1) is 0 Å². The quantitative estimate of drug-likeness (QED) is 0.187. The van der Waals surface area contributed by atoms with Gasteiger partial charge in [0, 0.05) is 32.5 Å². The zero-order valence-corrected chi connectivity index (χ0v) is 28.4. The predicted octanol–water partition coefficient (Wildman–Crippen LogP) is 12.4. The zero-order chi connectivity index (χ0) is 34.6. The molecule has 0 saturated carbocycles. The fraction of sp³-hybridized carbons (Fsp3) is 0. The molecular weight excluding hydrogens is 649 g/mol. The molecule has 12 rings (SSSR count). The smallest absolute Gasteiger partial charge is 0.235 e. The standard InChI is InChI=1S/C48H28N4O/c1-2-11-30-26-33(21-20-29(30)10-1)46-37-14-3-6-16-39(37)49-48(50-46)52-41-18-8-5-13-35(41)38-27-31(22-24-42(38)52)32-23-25-43-45(28-32)53-44-19-9-15-36-34-12-4-7-17-40(34)51(43)47(36)44/h1-28H. The van der Waals surface area contributed by atoms with E-state index in [0.717, 1.165) is 77.8 Å². The van der Waals surface area contributed by atoms with E-state index in [9.17, 15) is 0 Å². The van der Waals surface area contributed by atoms with Crippen LogP contribution < -0.4 is 4.74 Å². The van der Waals surface area contributed by atoms with Crippen molar-refractivity contribution in [3.8, 4) is 45.5 Å². The molecule has 0 spiro atoms. The van der Waals surface area contributed by atoms with Crippen LogP contribution in [0.15, 0.2) is 170 Å². The molecule has 5 heteroatoms. The number of fused-ring (bicyclic) bond motifs is 10. The summed E-state index contributed by atoms with van der Waals surface area (Å²) in [5.41, 5.74) is 10.6. The SMILES string of the molecule is c1ccc2cc(-c3nc(-n4c5ccccc5c5cc(-c6ccc7c(c6)Oc6cccc8c9ccccc9n-7c68)ccc54)nc4ccccc34)ccc2c1. The van der Waals surface area contributed by atoms with Crippen molar-refractivity contribution in [3.05, 3.63) is 170 Å². The van der Waals surface area contributed by atoms with E-state index in [2.05, 4.69) is 173 Å². The lowest BCUT2D eigenvalue weighted by Crippen LogP contribution is -2.04. The highest BCUT2D eigenvalue weighted by atomic mass is 16.5. The molecule has 0 saturated heterocycles. The van der Waals surface area contributed by atoms with Gasteiger partial charge >= 0.3 is 0 Å². The van der Waals surface area contributed by atoms with Crippen molar-refractivity contribution in [2.24, 2.45) is 0 Å². The van der Waals surface area contributed by atoms with Crippen LogP contribution in [0.1, 0.15) is 0 Å². The normalized spacial score (nSPS) is 12.3. The molecule has 1 aliphatic rings. The monoisotopic (exact) mass is 676 g/mol. The van der Waals surface area contributed by atoms with Crippen LogP contribution in [0.3, 0.4) is 0 Å². The lowest BCUT2D eigenvalue weighted by atomic mass is 10.0. The number of benzene rings is 8. The van der Waals surface area contributed by atoms with Crippen molar-refractivity contribution in [2.45, 2.75) is 0 Å². The molecule has 0 amide bonds. The van der Waals surface area contributed by atoms with Gasteiger partial charge in [-0.05, 0) is 76.5 Å². The summed E-state index contributed by atoms with van der Waals surface area (Å²) in [4.78, 5) is 10.5. The van der Waals surface area contributed by atoms with E-state index in [0.29, 0.717) is 5.95 Å². The molecule has 246 valence electrons. The van der Waals surface area contributed by atoms with E-state index in [1.165, 1.54) is 27.1 Å². The highest BCUT2D eigenvalue weighted by Crippen LogP contribution is 2.46. The molecule has 0 aliphatic carbocycles. The van der Waals surface area contributed by atoms with Gasteiger partial charge in [0.1, 0.15) is 0 Å². The summed E-state index contributed by atoms with van der Waals surface area (Å²) in [5.74, 6) is 2.37. The Morgan fingerprint density at radius 1 is 0.396 bits per heavy atom. The first kappa shape index (κ1) is 28.5. The van der Waals surface area contributed by atoms with Crippen molar-refractivity contribution >= 4 is 65.3 Å². The van der Waals surface area contributed by atoms with Crippen LogP contribution >= 0.6 is 0 Å². The van der Waals surface area contributed by atoms with Crippen molar-refractivity contribution in [1.29, 1.82) is 0 Å². The highest BCUT2D eigenvalue weighted by molar-refractivity contribution is 6.13. The molecular formula is C48H28N4O. The largest absolute Gasteiger partial charge is 0.453 e. The van der Waals surface area contributed by atoms with Gasteiger partial charge in [0.25, 0.3) is 0 Å². The second-order valence-corrected chi connectivity index (χ2v) is 13.8. The third-order valence-electron chi connectivity index (χ3n) is 10.9. The van der Waals surface area contributed by atoms with Crippen molar-refractivity contribution in [1.82, 2.24) is 19.1 Å². The summed E-state index contributed by atoms with van der Waals surface area (Å²) in [6.07, 6.45) is 0. The molecule has 4 heterocycles. The number of para-hydroxylation sites is 4. The zero-order valence-electron chi connectivity index (χ0n) is 28.4. The van der Waals surface area contributed by atoms with Gasteiger partial charge < -0.3 is 9.30 Å². The summed E-state index contributed by atoms with van der Waals surface area (Å²) in [6.45, 7) is 0. The first-order valence-corrected chi connectivity index (χ1v) is 17.9. The predicted molar refractivity (Wildman–Crippen MR) is 217 cm³/mol. The van der Waals surface area contributed by atoms with Crippen molar-refractivity contribution < 1.29 is 4.74 Å². The first-order valence-electron chi connectivity index (χ1n) is 17.9. The molecule has 1 aliphatic heterocycles. The lowest BCUT2D eigenvalue weighted by Gasteiger charge is -2.21. The van der Waals surface area contributed by atoms with Gasteiger partial charge in [-0.1, -0.05) is 115 Å². The number of ether oxygens (including phenoxy) is 1. The van der Waals surface area contributed by atoms with Gasteiger partial charge in [0.05, 0.1) is 39.0 Å². The Balaban J connectivity index is 1.03. The summed E-state index contributed by atoms with van der Waals surface area (Å²) < 4.78 is 11.2. The van der Waals surface area contributed by atoms with Crippen LogP contribution in [0, 0.1) is 0 Å². The molecule has 0 atom stereocenters. The molecule has 0 N–H and O–H groups in total. The maximum atomic E-state index is 6.63. The van der Waals surface area contributed by atoms with E-state index >= 15 is 0 Å². The number of rotatable bonds is 3. The van der Waals surface area contributed by atoms with Gasteiger partial charge in [0.2, 0.25) is 5.95 Å². The van der Waals surface area contributed by atoms with Crippen LogP contribution in [0.4, 0.5) is 0 Å². The Morgan fingerprint density at radius 3 is 1.94 bits per heavy atom. The molecule has 5 nitrogen and oxygen atoms in total. The third-order valence-corrected chi connectivity index (χ3v) is 10.9. The van der Waals surface area contributed by atoms with Gasteiger partial charge in [0.15, 0.2) is 11.5 Å². The second kappa shape index (κ2) is 10.6. The summed E-state index contributed by atoms with van der Waals surface area (Å²) in [6, 6.07) is 60.1. The number of aromatic nitrogens is 4. The van der Waals surface area contributed by atoms with Crippen LogP contribution in [-0.2, 0) is 0 Å². The third kappa shape index (κ3) is 4.07. The molecule has 0 radical (unpaired) electrons. The Morgan fingerprint density at radius 2 is 1.06 bits per heavy atom. The van der Waals surface area contributed by atoms with E-state index in [1.54, 1.807) is 0 Å². The fourth-order valence-corrected chi connectivity index (χ4v) is 8.49. The molecule has 0 unspecified atom stereocenters. The maximum absolute atomic E-state index is 6.63. The summed E-state index contributed by atoms with van der Waals surface area (Å²) in [7, 11) is 0. The van der Waals surface area contributed by atoms with Crippen molar-refractivity contribution in [2.75, 3.05) is 0 Å². The molecule has 8 aromatic carbocycles. The Bertz CT molecular complexity index is 3330. The molecule has 0 bridgehead atoms. The Labute approximate surface area is 303 Å². The van der Waals surface area contributed by atoms with E-state index in [4.69, 9.17) is 14.7 Å². The van der Waals surface area contributed by atoms with E-state index in [1.807, 2.05) is 6.07 Å². The molecule has 11 aromatic rings.